The Morgan fingerprint density at radius 1 is 1.25 bits per heavy atom. The van der Waals surface area contributed by atoms with Crippen LogP contribution in [-0.4, -0.2) is 69.4 Å². The van der Waals surface area contributed by atoms with Gasteiger partial charge in [0.1, 0.15) is 5.75 Å². The smallest absolute Gasteiger partial charge is 0.239 e. The van der Waals surface area contributed by atoms with Crippen LogP contribution in [-0.2, 0) is 9.53 Å². The average molecular weight is 333 g/mol. The number of anilines is 1. The van der Waals surface area contributed by atoms with Gasteiger partial charge in [0.05, 0.1) is 24.4 Å². The van der Waals surface area contributed by atoms with Crippen LogP contribution in [0.1, 0.15) is 13.3 Å². The fourth-order valence-corrected chi connectivity index (χ4v) is 3.46. The molecule has 0 radical (unpaired) electrons. The second-order valence-corrected chi connectivity index (χ2v) is 6.27. The number of nitrogens with zero attached hydrogens (tertiary/aromatic N) is 2. The van der Waals surface area contributed by atoms with Gasteiger partial charge in [0, 0.05) is 39.8 Å². The Kier molecular flexibility index (Phi) is 5.58. The number of methoxy groups -OCH3 is 1. The van der Waals surface area contributed by atoms with E-state index in [0.717, 1.165) is 50.6 Å². The maximum atomic E-state index is 12.6. The molecule has 0 aliphatic carbocycles. The molecule has 2 heterocycles. The third-order valence-corrected chi connectivity index (χ3v) is 4.82. The lowest BCUT2D eigenvalue weighted by molar-refractivity contribution is -0.133. The number of carbonyl (C=O) groups is 1. The molecule has 0 spiro atoms. The molecule has 2 atom stereocenters. The van der Waals surface area contributed by atoms with E-state index >= 15 is 0 Å². The molecule has 0 unspecified atom stereocenters. The van der Waals surface area contributed by atoms with Gasteiger partial charge in [0.25, 0.3) is 0 Å². The van der Waals surface area contributed by atoms with Crippen molar-refractivity contribution >= 4 is 11.6 Å². The molecule has 0 saturated carbocycles. The Morgan fingerprint density at radius 2 is 2.00 bits per heavy atom. The van der Waals surface area contributed by atoms with E-state index in [9.17, 15) is 4.79 Å². The zero-order valence-electron chi connectivity index (χ0n) is 14.5. The number of carbonyl (C=O) groups excluding carboxylic acids is 1. The van der Waals surface area contributed by atoms with Crippen molar-refractivity contribution in [3.63, 3.8) is 0 Å². The van der Waals surface area contributed by atoms with Gasteiger partial charge in [-0.25, -0.2) is 0 Å². The molecule has 6 heteroatoms. The van der Waals surface area contributed by atoms with Crippen molar-refractivity contribution in [2.75, 3.05) is 51.3 Å². The quantitative estimate of drug-likeness (QED) is 0.875. The number of piperazine rings is 1. The predicted octanol–water partition coefficient (Wildman–Crippen LogP) is 1.11. The number of hydrogen-bond donors (Lipinski definition) is 1. The molecule has 2 saturated heterocycles. The fourth-order valence-electron chi connectivity index (χ4n) is 3.46. The average Bonchev–Trinajstić information content (AvgIpc) is 3.11. The Bertz CT molecular complexity index is 558. The van der Waals surface area contributed by atoms with Crippen LogP contribution in [0.25, 0.3) is 0 Å². The monoisotopic (exact) mass is 333 g/mol. The van der Waals surface area contributed by atoms with Crippen molar-refractivity contribution in [2.24, 2.45) is 0 Å². The zero-order valence-corrected chi connectivity index (χ0v) is 14.5. The molecule has 0 bridgehead atoms. The van der Waals surface area contributed by atoms with Crippen LogP contribution in [0, 0.1) is 0 Å². The van der Waals surface area contributed by atoms with Crippen LogP contribution < -0.4 is 15.0 Å². The van der Waals surface area contributed by atoms with Gasteiger partial charge in [-0.3, -0.25) is 4.79 Å². The Balaban J connectivity index is 1.57. The number of para-hydroxylation sites is 2. The molecule has 2 aliphatic heterocycles. The van der Waals surface area contributed by atoms with E-state index in [2.05, 4.69) is 16.3 Å². The Hall–Kier alpha value is -1.79. The lowest BCUT2D eigenvalue weighted by atomic mass is 10.1. The van der Waals surface area contributed by atoms with Crippen molar-refractivity contribution in [3.8, 4) is 5.75 Å². The lowest BCUT2D eigenvalue weighted by Gasteiger charge is -2.37. The summed E-state index contributed by atoms with van der Waals surface area (Å²) < 4.78 is 11.1. The zero-order chi connectivity index (χ0) is 16.9. The minimum Gasteiger partial charge on any atom is -0.492 e. The van der Waals surface area contributed by atoms with Crippen molar-refractivity contribution in [1.29, 1.82) is 0 Å². The third kappa shape index (κ3) is 3.65. The molecule has 6 nitrogen and oxygen atoms in total. The van der Waals surface area contributed by atoms with Crippen LogP contribution in [0.5, 0.6) is 5.75 Å². The molecular weight excluding hydrogens is 306 g/mol. The van der Waals surface area contributed by atoms with Gasteiger partial charge in [-0.2, -0.15) is 0 Å². The number of rotatable bonds is 5. The second-order valence-electron chi connectivity index (χ2n) is 6.27. The molecule has 2 aliphatic rings. The van der Waals surface area contributed by atoms with E-state index in [1.807, 2.05) is 30.0 Å². The normalized spacial score (nSPS) is 24.2. The van der Waals surface area contributed by atoms with Crippen molar-refractivity contribution in [1.82, 2.24) is 10.2 Å². The molecule has 1 aromatic carbocycles. The number of amides is 1. The molecule has 24 heavy (non-hydrogen) atoms. The number of benzene rings is 1. The van der Waals surface area contributed by atoms with Crippen LogP contribution in [0.4, 0.5) is 5.69 Å². The molecule has 3 rings (SSSR count). The van der Waals surface area contributed by atoms with Crippen molar-refractivity contribution in [2.45, 2.75) is 25.5 Å². The number of hydrogen-bond acceptors (Lipinski definition) is 5. The predicted molar refractivity (Wildman–Crippen MR) is 93.6 cm³/mol. The first-order valence-corrected chi connectivity index (χ1v) is 8.74. The van der Waals surface area contributed by atoms with Gasteiger partial charge in [-0.15, -0.1) is 0 Å². The Morgan fingerprint density at radius 3 is 2.67 bits per heavy atom. The highest BCUT2D eigenvalue weighted by Crippen LogP contribution is 2.29. The van der Waals surface area contributed by atoms with Gasteiger partial charge in [0.15, 0.2) is 0 Å². The first-order chi connectivity index (χ1) is 11.7. The highest BCUT2D eigenvalue weighted by Gasteiger charge is 2.33. The molecule has 0 aromatic heterocycles. The standard InChI is InChI=1S/C18H27N3O3/c1-3-24-17-7-5-4-6-16(17)20-8-10-21(11-9-20)18(22)15-12-14(23-2)13-19-15/h4-7,14-15,19H,3,8-13H2,1-2H3/t14-,15-/m0/s1. The molecule has 1 aromatic rings. The van der Waals surface area contributed by atoms with Crippen LogP contribution in [0.2, 0.25) is 0 Å². The summed E-state index contributed by atoms with van der Waals surface area (Å²) in [5.74, 6) is 1.12. The lowest BCUT2D eigenvalue weighted by Crippen LogP contribution is -2.53. The summed E-state index contributed by atoms with van der Waals surface area (Å²) >= 11 is 0. The fraction of sp³-hybridized carbons (Fsp3) is 0.611. The Labute approximate surface area is 143 Å². The number of nitrogens with one attached hydrogen (secondary N) is 1. The summed E-state index contributed by atoms with van der Waals surface area (Å²) in [5, 5.41) is 3.27. The minimum absolute atomic E-state index is 0.0998. The molecule has 1 N–H and O–H groups in total. The van der Waals surface area contributed by atoms with E-state index in [4.69, 9.17) is 9.47 Å². The van der Waals surface area contributed by atoms with E-state index in [0.29, 0.717) is 6.61 Å². The molecule has 2 fully saturated rings. The first-order valence-electron chi connectivity index (χ1n) is 8.74. The summed E-state index contributed by atoms with van der Waals surface area (Å²) in [4.78, 5) is 16.9. The maximum Gasteiger partial charge on any atom is 0.239 e. The first kappa shape index (κ1) is 17.0. The van der Waals surface area contributed by atoms with Gasteiger partial charge < -0.3 is 24.6 Å². The number of ether oxygens (including phenoxy) is 2. The molecular formula is C18H27N3O3. The van der Waals surface area contributed by atoms with E-state index in [-0.39, 0.29) is 18.1 Å². The maximum absolute atomic E-state index is 12.6. The van der Waals surface area contributed by atoms with Crippen LogP contribution in [0.3, 0.4) is 0 Å². The summed E-state index contributed by atoms with van der Waals surface area (Å²) in [6.07, 6.45) is 0.918. The van der Waals surface area contributed by atoms with Gasteiger partial charge in [-0.1, -0.05) is 12.1 Å². The second kappa shape index (κ2) is 7.85. The molecule has 132 valence electrons. The minimum atomic E-state index is -0.0998. The van der Waals surface area contributed by atoms with Crippen LogP contribution >= 0.6 is 0 Å². The van der Waals surface area contributed by atoms with E-state index in [1.54, 1.807) is 7.11 Å². The van der Waals surface area contributed by atoms with Gasteiger partial charge in [-0.05, 0) is 25.5 Å². The summed E-state index contributed by atoms with van der Waals surface area (Å²) in [6, 6.07) is 8.01. The topological polar surface area (TPSA) is 54.0 Å². The van der Waals surface area contributed by atoms with Crippen molar-refractivity contribution < 1.29 is 14.3 Å². The highest BCUT2D eigenvalue weighted by molar-refractivity contribution is 5.82. The third-order valence-electron chi connectivity index (χ3n) is 4.82. The largest absolute Gasteiger partial charge is 0.492 e. The highest BCUT2D eigenvalue weighted by atomic mass is 16.5. The summed E-state index contributed by atoms with van der Waals surface area (Å²) in [7, 11) is 1.70. The van der Waals surface area contributed by atoms with Crippen molar-refractivity contribution in [3.05, 3.63) is 24.3 Å². The summed E-state index contributed by atoms with van der Waals surface area (Å²) in [6.45, 7) is 6.56. The van der Waals surface area contributed by atoms with Crippen LogP contribution in [0.15, 0.2) is 24.3 Å². The molecule has 1 amide bonds. The SMILES string of the molecule is CCOc1ccccc1N1CCN(C(=O)[C@@H]2C[C@H](OC)CN2)CC1. The van der Waals surface area contributed by atoms with E-state index < -0.39 is 0 Å². The van der Waals surface area contributed by atoms with Gasteiger partial charge >= 0.3 is 0 Å². The summed E-state index contributed by atoms with van der Waals surface area (Å²) in [5.41, 5.74) is 1.12. The van der Waals surface area contributed by atoms with E-state index in [1.165, 1.54) is 0 Å². The van der Waals surface area contributed by atoms with Gasteiger partial charge in [0.2, 0.25) is 5.91 Å².